The van der Waals surface area contributed by atoms with E-state index in [1.807, 2.05) is 0 Å². The van der Waals surface area contributed by atoms with Crippen LogP contribution in [-0.2, 0) is 6.18 Å². The van der Waals surface area contributed by atoms with Gasteiger partial charge in [0.05, 0.1) is 11.1 Å². The van der Waals surface area contributed by atoms with E-state index < -0.39 is 11.7 Å². The molecule has 0 bridgehead atoms. The van der Waals surface area contributed by atoms with Crippen molar-refractivity contribution in [2.45, 2.75) is 6.18 Å². The van der Waals surface area contributed by atoms with Crippen molar-refractivity contribution in [2.75, 3.05) is 17.7 Å². The van der Waals surface area contributed by atoms with Gasteiger partial charge in [0.2, 0.25) is 5.95 Å². The number of alkyl halides is 3. The average Bonchev–Trinajstić information content (AvgIpc) is 2.89. The first kappa shape index (κ1) is 14.0. The minimum absolute atomic E-state index is 0.0297. The number of rotatable bonds is 3. The molecule has 7 nitrogen and oxygen atoms in total. The first-order valence-electron chi connectivity index (χ1n) is 6.15. The molecule has 0 aliphatic rings. The Morgan fingerprint density at radius 3 is 2.73 bits per heavy atom. The van der Waals surface area contributed by atoms with Crippen LogP contribution < -0.4 is 10.6 Å². The molecule has 0 aromatic carbocycles. The number of hydrogen-bond donors (Lipinski definition) is 3. The third-order valence-corrected chi connectivity index (χ3v) is 2.93. The molecule has 0 saturated carbocycles. The second-order valence-electron chi connectivity index (χ2n) is 4.32. The summed E-state index contributed by atoms with van der Waals surface area (Å²) in [4.78, 5) is 18.3. The molecule has 0 spiro atoms. The van der Waals surface area contributed by atoms with Crippen LogP contribution >= 0.6 is 0 Å². The van der Waals surface area contributed by atoms with Gasteiger partial charge in [-0.2, -0.15) is 18.2 Å². The van der Waals surface area contributed by atoms with E-state index in [9.17, 15) is 13.2 Å². The van der Waals surface area contributed by atoms with Crippen LogP contribution in [0.4, 0.5) is 30.6 Å². The highest BCUT2D eigenvalue weighted by Crippen LogP contribution is 2.34. The van der Waals surface area contributed by atoms with Gasteiger partial charge in [-0.3, -0.25) is 0 Å². The Hall–Kier alpha value is -2.91. The lowest BCUT2D eigenvalue weighted by Crippen LogP contribution is -2.12. The fourth-order valence-electron chi connectivity index (χ4n) is 1.92. The third kappa shape index (κ3) is 2.50. The van der Waals surface area contributed by atoms with Crippen molar-refractivity contribution in [3.8, 4) is 0 Å². The maximum atomic E-state index is 12.8. The van der Waals surface area contributed by atoms with Gasteiger partial charge in [-0.25, -0.2) is 15.0 Å². The Morgan fingerprint density at radius 1 is 1.18 bits per heavy atom. The summed E-state index contributed by atoms with van der Waals surface area (Å²) < 4.78 is 38.4. The van der Waals surface area contributed by atoms with Gasteiger partial charge in [-0.05, 0) is 0 Å². The normalized spacial score (nSPS) is 11.6. The predicted octanol–water partition coefficient (Wildman–Crippen LogP) is 2.55. The zero-order chi connectivity index (χ0) is 15.7. The number of anilines is 3. The molecule has 0 amide bonds. The monoisotopic (exact) mass is 309 g/mol. The summed E-state index contributed by atoms with van der Waals surface area (Å²) in [7, 11) is 1.36. The standard InChI is InChI=1S/C12H10F3N7/c1-16-10-7(12(13,14)15)3-19-11(22-10)21-8-4-18-9-6(8)2-17-5-20-9/h2-5H,1H3,(H,17,18,20)(H2,16,19,21,22). The second-order valence-corrected chi connectivity index (χ2v) is 4.32. The van der Waals surface area contributed by atoms with Crippen molar-refractivity contribution in [3.63, 3.8) is 0 Å². The average molecular weight is 309 g/mol. The van der Waals surface area contributed by atoms with E-state index in [1.54, 1.807) is 12.4 Å². The Balaban J connectivity index is 1.96. The summed E-state index contributed by atoms with van der Waals surface area (Å²) in [5, 5.41) is 5.93. The largest absolute Gasteiger partial charge is 0.421 e. The summed E-state index contributed by atoms with van der Waals surface area (Å²) in [5.74, 6) is -0.275. The predicted molar refractivity (Wildman–Crippen MR) is 73.8 cm³/mol. The quantitative estimate of drug-likeness (QED) is 0.689. The van der Waals surface area contributed by atoms with Crippen molar-refractivity contribution in [3.05, 3.63) is 30.5 Å². The molecule has 0 fully saturated rings. The molecule has 3 aromatic rings. The smallest absolute Gasteiger partial charge is 0.372 e. The summed E-state index contributed by atoms with van der Waals surface area (Å²) in [6.45, 7) is 0. The SMILES string of the molecule is CNc1nc(Nc2c[nH]c3ncncc23)ncc1C(F)(F)F. The summed E-state index contributed by atoms with van der Waals surface area (Å²) in [5.41, 5.74) is 0.235. The second kappa shape index (κ2) is 5.13. The Morgan fingerprint density at radius 2 is 2.00 bits per heavy atom. The Labute approximate surface area is 122 Å². The van der Waals surface area contributed by atoms with E-state index in [4.69, 9.17) is 0 Å². The van der Waals surface area contributed by atoms with Crippen LogP contribution in [0, 0.1) is 0 Å². The van der Waals surface area contributed by atoms with E-state index in [2.05, 4.69) is 35.6 Å². The fraction of sp³-hybridized carbons (Fsp3) is 0.167. The van der Waals surface area contributed by atoms with Crippen molar-refractivity contribution in [1.82, 2.24) is 24.9 Å². The minimum atomic E-state index is -4.52. The molecule has 114 valence electrons. The van der Waals surface area contributed by atoms with Gasteiger partial charge in [0, 0.05) is 25.6 Å². The lowest BCUT2D eigenvalue weighted by atomic mass is 10.3. The maximum absolute atomic E-state index is 12.8. The third-order valence-electron chi connectivity index (χ3n) is 2.93. The molecule has 3 heterocycles. The van der Waals surface area contributed by atoms with Gasteiger partial charge in [0.1, 0.15) is 23.4 Å². The van der Waals surface area contributed by atoms with Gasteiger partial charge in [0.25, 0.3) is 0 Å². The highest BCUT2D eigenvalue weighted by molar-refractivity contribution is 5.90. The molecule has 0 saturated heterocycles. The van der Waals surface area contributed by atoms with Gasteiger partial charge in [0.15, 0.2) is 0 Å². The number of aromatic amines is 1. The van der Waals surface area contributed by atoms with Crippen LogP contribution in [0.2, 0.25) is 0 Å². The number of nitrogens with one attached hydrogen (secondary N) is 3. The van der Waals surface area contributed by atoms with Crippen LogP contribution in [0.3, 0.4) is 0 Å². The van der Waals surface area contributed by atoms with Crippen LogP contribution in [0.1, 0.15) is 5.56 Å². The highest BCUT2D eigenvalue weighted by atomic mass is 19.4. The molecule has 0 radical (unpaired) electrons. The van der Waals surface area contributed by atoms with E-state index in [1.165, 1.54) is 13.4 Å². The van der Waals surface area contributed by atoms with E-state index >= 15 is 0 Å². The van der Waals surface area contributed by atoms with E-state index in [0.29, 0.717) is 16.7 Å². The zero-order valence-corrected chi connectivity index (χ0v) is 11.2. The maximum Gasteiger partial charge on any atom is 0.421 e. The van der Waals surface area contributed by atoms with Crippen molar-refractivity contribution in [2.24, 2.45) is 0 Å². The lowest BCUT2D eigenvalue weighted by molar-refractivity contribution is -0.137. The van der Waals surface area contributed by atoms with Gasteiger partial charge in [-0.1, -0.05) is 0 Å². The molecule has 0 aliphatic heterocycles. The zero-order valence-electron chi connectivity index (χ0n) is 11.2. The van der Waals surface area contributed by atoms with Crippen molar-refractivity contribution in [1.29, 1.82) is 0 Å². The molecule has 3 N–H and O–H groups in total. The van der Waals surface area contributed by atoms with Gasteiger partial charge >= 0.3 is 6.18 Å². The Kier molecular flexibility index (Phi) is 3.28. The van der Waals surface area contributed by atoms with Gasteiger partial charge < -0.3 is 15.6 Å². The molecule has 0 atom stereocenters. The van der Waals surface area contributed by atoms with Crippen LogP contribution in [0.25, 0.3) is 11.0 Å². The number of aromatic nitrogens is 5. The van der Waals surface area contributed by atoms with E-state index in [-0.39, 0.29) is 11.8 Å². The first-order valence-corrected chi connectivity index (χ1v) is 6.15. The molecular formula is C12H10F3N7. The van der Waals surface area contributed by atoms with Gasteiger partial charge in [-0.15, -0.1) is 0 Å². The molecule has 10 heteroatoms. The van der Waals surface area contributed by atoms with Crippen LogP contribution in [-0.4, -0.2) is 32.0 Å². The number of halogens is 3. The molecular weight excluding hydrogens is 299 g/mol. The number of H-pyrrole nitrogens is 1. The summed E-state index contributed by atoms with van der Waals surface area (Å²) in [6, 6.07) is 0. The summed E-state index contributed by atoms with van der Waals surface area (Å²) in [6.07, 6.45) is 0.776. The van der Waals surface area contributed by atoms with E-state index in [0.717, 1.165) is 6.20 Å². The van der Waals surface area contributed by atoms with Crippen molar-refractivity contribution < 1.29 is 13.2 Å². The number of hydrogen-bond acceptors (Lipinski definition) is 6. The minimum Gasteiger partial charge on any atom is -0.372 e. The molecule has 3 aromatic heterocycles. The number of nitrogens with zero attached hydrogens (tertiary/aromatic N) is 4. The molecule has 0 unspecified atom stereocenters. The topological polar surface area (TPSA) is 91.4 Å². The van der Waals surface area contributed by atoms with Crippen LogP contribution in [0.5, 0.6) is 0 Å². The summed E-state index contributed by atoms with van der Waals surface area (Å²) >= 11 is 0. The first-order chi connectivity index (χ1) is 10.5. The Bertz CT molecular complexity index is 812. The highest BCUT2D eigenvalue weighted by Gasteiger charge is 2.35. The lowest BCUT2D eigenvalue weighted by Gasteiger charge is -2.12. The van der Waals surface area contributed by atoms with Crippen LogP contribution in [0.15, 0.2) is 24.9 Å². The fourth-order valence-corrected chi connectivity index (χ4v) is 1.92. The molecule has 3 rings (SSSR count). The number of fused-ring (bicyclic) bond motifs is 1. The molecule has 0 aliphatic carbocycles. The molecule has 22 heavy (non-hydrogen) atoms. The van der Waals surface area contributed by atoms with Crippen molar-refractivity contribution >= 4 is 28.5 Å².